The van der Waals surface area contributed by atoms with Crippen LogP contribution in [0.5, 0.6) is 0 Å². The maximum absolute atomic E-state index is 10.5. The fourth-order valence-corrected chi connectivity index (χ4v) is 2.07. The number of nitrogens with zero attached hydrogens (tertiary/aromatic N) is 5. The summed E-state index contributed by atoms with van der Waals surface area (Å²) in [4.78, 5) is 14.0. The maximum atomic E-state index is 10.5. The van der Waals surface area contributed by atoms with Gasteiger partial charge in [-0.2, -0.15) is 0 Å². The lowest BCUT2D eigenvalue weighted by Gasteiger charge is -2.10. The van der Waals surface area contributed by atoms with Crippen LogP contribution in [-0.4, -0.2) is 24.7 Å². The molecule has 90 valence electrons. The van der Waals surface area contributed by atoms with Gasteiger partial charge in [-0.3, -0.25) is 10.1 Å². The van der Waals surface area contributed by atoms with Gasteiger partial charge in [0.15, 0.2) is 11.0 Å². The summed E-state index contributed by atoms with van der Waals surface area (Å²) in [5.74, 6) is 0.739. The Bertz CT molecular complexity index is 536. The van der Waals surface area contributed by atoms with Gasteiger partial charge in [-0.15, -0.1) is 10.2 Å². The van der Waals surface area contributed by atoms with E-state index in [1.807, 2.05) is 14.0 Å². The van der Waals surface area contributed by atoms with Gasteiger partial charge in [-0.1, -0.05) is 0 Å². The van der Waals surface area contributed by atoms with E-state index in [2.05, 4.69) is 20.5 Å². The minimum absolute atomic E-state index is 0.0117. The predicted octanol–water partition coefficient (Wildman–Crippen LogP) is 1.35. The first kappa shape index (κ1) is 11.5. The molecule has 0 spiro atoms. The second-order valence-corrected chi connectivity index (χ2v) is 4.44. The number of rotatable bonds is 4. The van der Waals surface area contributed by atoms with Crippen molar-refractivity contribution in [2.75, 3.05) is 5.32 Å². The molecule has 1 atom stereocenters. The molecule has 0 saturated carbocycles. The summed E-state index contributed by atoms with van der Waals surface area (Å²) >= 11 is 0.994. The van der Waals surface area contributed by atoms with E-state index >= 15 is 0 Å². The van der Waals surface area contributed by atoms with Crippen molar-refractivity contribution in [3.8, 4) is 0 Å². The Morgan fingerprint density at radius 2 is 2.41 bits per heavy atom. The molecule has 0 fully saturated rings. The maximum Gasteiger partial charge on any atom is 0.345 e. The summed E-state index contributed by atoms with van der Waals surface area (Å²) < 4.78 is 1.78. The van der Waals surface area contributed by atoms with Crippen LogP contribution in [0.4, 0.5) is 10.1 Å². The Morgan fingerprint density at radius 3 is 2.94 bits per heavy atom. The monoisotopic (exact) mass is 254 g/mol. The first-order valence-electron chi connectivity index (χ1n) is 4.78. The van der Waals surface area contributed by atoms with E-state index in [4.69, 9.17) is 0 Å². The van der Waals surface area contributed by atoms with E-state index in [0.29, 0.717) is 5.13 Å². The van der Waals surface area contributed by atoms with Gasteiger partial charge in [-0.05, 0) is 18.3 Å². The van der Waals surface area contributed by atoms with Gasteiger partial charge >= 0.3 is 5.00 Å². The second kappa shape index (κ2) is 4.45. The first-order chi connectivity index (χ1) is 8.08. The third-order valence-electron chi connectivity index (χ3n) is 2.15. The lowest BCUT2D eigenvalue weighted by Crippen LogP contribution is -2.11. The Kier molecular flexibility index (Phi) is 3.00. The molecule has 0 aliphatic heterocycles. The smallest absolute Gasteiger partial charge is 0.345 e. The van der Waals surface area contributed by atoms with Crippen molar-refractivity contribution in [1.82, 2.24) is 19.7 Å². The van der Waals surface area contributed by atoms with Crippen LogP contribution >= 0.6 is 11.3 Å². The second-order valence-electron chi connectivity index (χ2n) is 3.43. The molecule has 0 bridgehead atoms. The molecule has 0 aliphatic carbocycles. The fraction of sp³-hybridized carbons (Fsp3) is 0.375. The molecule has 0 saturated heterocycles. The van der Waals surface area contributed by atoms with Gasteiger partial charge < -0.3 is 9.88 Å². The summed E-state index contributed by atoms with van der Waals surface area (Å²) in [5, 5.41) is 21.8. The lowest BCUT2D eigenvalue weighted by molar-refractivity contribution is -0.380. The quantitative estimate of drug-likeness (QED) is 0.653. The van der Waals surface area contributed by atoms with Crippen molar-refractivity contribution >= 4 is 21.5 Å². The number of nitrogens with one attached hydrogen (secondary N) is 1. The Morgan fingerprint density at radius 1 is 1.65 bits per heavy atom. The Hall–Kier alpha value is -2.03. The third kappa shape index (κ3) is 2.38. The predicted molar refractivity (Wildman–Crippen MR) is 61.8 cm³/mol. The van der Waals surface area contributed by atoms with Gasteiger partial charge in [-0.25, -0.2) is 4.98 Å². The summed E-state index contributed by atoms with van der Waals surface area (Å²) in [6.07, 6.45) is 2.83. The number of aromatic nitrogens is 4. The van der Waals surface area contributed by atoms with Gasteiger partial charge in [0, 0.05) is 7.05 Å². The first-order valence-corrected chi connectivity index (χ1v) is 5.60. The van der Waals surface area contributed by atoms with E-state index in [-0.39, 0.29) is 11.0 Å². The standard InChI is InChI=1S/C8H10N6O2S/c1-5(7-12-10-4-13(7)2)11-8-9-3-6(17-8)14(15)16/h3-5H,1-2H3,(H,9,11). The largest absolute Gasteiger partial charge is 0.352 e. The van der Waals surface area contributed by atoms with Crippen LogP contribution in [0.15, 0.2) is 12.5 Å². The summed E-state index contributed by atoms with van der Waals surface area (Å²) in [5.41, 5.74) is 0. The average Bonchev–Trinajstić information content (AvgIpc) is 2.86. The van der Waals surface area contributed by atoms with E-state index in [9.17, 15) is 10.1 Å². The molecule has 17 heavy (non-hydrogen) atoms. The molecular formula is C8H10N6O2S. The molecule has 0 aromatic carbocycles. The minimum atomic E-state index is -0.462. The number of thiazole rings is 1. The van der Waals surface area contributed by atoms with Crippen LogP contribution in [0.1, 0.15) is 18.8 Å². The van der Waals surface area contributed by atoms with E-state index in [0.717, 1.165) is 17.2 Å². The number of nitro groups is 1. The van der Waals surface area contributed by atoms with Crippen molar-refractivity contribution in [2.24, 2.45) is 7.05 Å². The minimum Gasteiger partial charge on any atom is -0.352 e. The summed E-state index contributed by atoms with van der Waals surface area (Å²) in [7, 11) is 1.83. The van der Waals surface area contributed by atoms with Gasteiger partial charge in [0.2, 0.25) is 0 Å². The molecular weight excluding hydrogens is 244 g/mol. The van der Waals surface area contributed by atoms with Gasteiger partial charge in [0.05, 0.1) is 11.0 Å². The van der Waals surface area contributed by atoms with E-state index in [1.54, 1.807) is 10.9 Å². The van der Waals surface area contributed by atoms with Crippen molar-refractivity contribution in [2.45, 2.75) is 13.0 Å². The van der Waals surface area contributed by atoms with E-state index < -0.39 is 4.92 Å². The molecule has 2 rings (SSSR count). The molecule has 0 amide bonds. The highest BCUT2D eigenvalue weighted by Crippen LogP contribution is 2.27. The number of hydrogen-bond acceptors (Lipinski definition) is 7. The molecule has 2 heterocycles. The Balaban J connectivity index is 2.10. The normalized spacial score (nSPS) is 12.4. The van der Waals surface area contributed by atoms with Crippen molar-refractivity contribution in [3.05, 3.63) is 28.5 Å². The van der Waals surface area contributed by atoms with Crippen molar-refractivity contribution < 1.29 is 4.92 Å². The highest BCUT2D eigenvalue weighted by molar-refractivity contribution is 7.18. The summed E-state index contributed by atoms with van der Waals surface area (Å²) in [6, 6.07) is -0.117. The van der Waals surface area contributed by atoms with Crippen LogP contribution < -0.4 is 5.32 Å². The molecule has 2 aromatic rings. The number of hydrogen-bond donors (Lipinski definition) is 1. The molecule has 8 nitrogen and oxygen atoms in total. The third-order valence-corrected chi connectivity index (χ3v) is 3.03. The molecule has 1 unspecified atom stereocenters. The molecule has 2 aromatic heterocycles. The topological polar surface area (TPSA) is 98.8 Å². The lowest BCUT2D eigenvalue weighted by atomic mass is 10.3. The molecule has 1 N–H and O–H groups in total. The van der Waals surface area contributed by atoms with Gasteiger partial charge in [0.25, 0.3) is 0 Å². The van der Waals surface area contributed by atoms with Crippen molar-refractivity contribution in [3.63, 3.8) is 0 Å². The van der Waals surface area contributed by atoms with Crippen LogP contribution in [0.2, 0.25) is 0 Å². The van der Waals surface area contributed by atoms with Crippen LogP contribution in [0, 0.1) is 10.1 Å². The SMILES string of the molecule is CC(Nc1ncc([N+](=O)[O-])s1)c1nncn1C. The van der Waals surface area contributed by atoms with Crippen LogP contribution in [0.25, 0.3) is 0 Å². The summed E-state index contributed by atoms with van der Waals surface area (Å²) in [6.45, 7) is 1.89. The van der Waals surface area contributed by atoms with Gasteiger partial charge in [0.1, 0.15) is 12.5 Å². The molecule has 9 heteroatoms. The van der Waals surface area contributed by atoms with Crippen molar-refractivity contribution in [1.29, 1.82) is 0 Å². The Labute approximate surface area is 100 Å². The average molecular weight is 254 g/mol. The van der Waals surface area contributed by atoms with Crippen LogP contribution in [-0.2, 0) is 7.05 Å². The highest BCUT2D eigenvalue weighted by Gasteiger charge is 2.16. The van der Waals surface area contributed by atoms with Crippen LogP contribution in [0.3, 0.4) is 0 Å². The fourth-order valence-electron chi connectivity index (χ4n) is 1.35. The molecule has 0 aliphatic rings. The zero-order valence-electron chi connectivity index (χ0n) is 9.19. The van der Waals surface area contributed by atoms with E-state index in [1.165, 1.54) is 6.20 Å². The highest BCUT2D eigenvalue weighted by atomic mass is 32.1. The molecule has 0 radical (unpaired) electrons. The number of aryl methyl sites for hydroxylation is 1. The zero-order chi connectivity index (χ0) is 12.4. The number of anilines is 1. The zero-order valence-corrected chi connectivity index (χ0v) is 10.0.